The van der Waals surface area contributed by atoms with Crippen LogP contribution in [-0.2, 0) is 0 Å². The average Bonchev–Trinajstić information content (AvgIpc) is 2.76. The predicted molar refractivity (Wildman–Crippen MR) is 85.7 cm³/mol. The normalized spacial score (nSPS) is 60.0. The van der Waals surface area contributed by atoms with Crippen molar-refractivity contribution in [3.63, 3.8) is 0 Å². The van der Waals surface area contributed by atoms with E-state index in [4.69, 9.17) is 5.73 Å². The zero-order chi connectivity index (χ0) is 14.8. The van der Waals surface area contributed by atoms with E-state index in [0.717, 1.165) is 36.5 Å². The Balaban J connectivity index is 1.62. The van der Waals surface area contributed by atoms with Gasteiger partial charge in [-0.2, -0.15) is 0 Å². The molecule has 4 aliphatic carbocycles. The molecule has 0 bridgehead atoms. The smallest absolute Gasteiger partial charge is 0.0543 e. The highest BCUT2D eigenvalue weighted by Gasteiger charge is 2.59. The number of nitrogens with two attached hydrogens (primary N) is 1. The van der Waals surface area contributed by atoms with E-state index in [9.17, 15) is 5.11 Å². The number of rotatable bonds is 0. The van der Waals surface area contributed by atoms with Gasteiger partial charge in [-0.15, -0.1) is 0 Å². The maximum atomic E-state index is 10.1. The number of fused-ring (bicyclic) bond motifs is 5. The standard InChI is InChI=1S/C19H33NO/c1-18-9-7-13(21)11-12(18)3-4-14-15-5-6-17(20)19(15,2)10-8-16(14)18/h12-17,21H,3-11,20H2,1-2H3/t12?,13-,14-,15-,16-,17+,18-,19-/m0/s1. The van der Waals surface area contributed by atoms with Gasteiger partial charge >= 0.3 is 0 Å². The zero-order valence-electron chi connectivity index (χ0n) is 13.9. The van der Waals surface area contributed by atoms with Gasteiger partial charge in [0.2, 0.25) is 0 Å². The highest BCUT2D eigenvalue weighted by atomic mass is 16.3. The Morgan fingerprint density at radius 3 is 2.38 bits per heavy atom. The first kappa shape index (κ1) is 14.5. The molecule has 4 saturated carbocycles. The van der Waals surface area contributed by atoms with E-state index in [1.807, 2.05) is 0 Å². The van der Waals surface area contributed by atoms with Gasteiger partial charge in [-0.3, -0.25) is 0 Å². The van der Waals surface area contributed by atoms with Crippen LogP contribution in [0.4, 0.5) is 0 Å². The molecule has 0 heterocycles. The molecule has 4 aliphatic rings. The van der Waals surface area contributed by atoms with Crippen LogP contribution >= 0.6 is 0 Å². The molecule has 0 aliphatic heterocycles. The van der Waals surface area contributed by atoms with Crippen molar-refractivity contribution in [1.82, 2.24) is 0 Å². The summed E-state index contributed by atoms with van der Waals surface area (Å²) in [7, 11) is 0. The van der Waals surface area contributed by atoms with Crippen LogP contribution in [0.15, 0.2) is 0 Å². The average molecular weight is 291 g/mol. The second kappa shape index (κ2) is 4.71. The van der Waals surface area contributed by atoms with Gasteiger partial charge in [-0.25, -0.2) is 0 Å². The van der Waals surface area contributed by atoms with Crippen LogP contribution in [0.2, 0.25) is 0 Å². The van der Waals surface area contributed by atoms with Crippen molar-refractivity contribution in [2.75, 3.05) is 0 Å². The first-order valence-electron chi connectivity index (χ1n) is 9.39. The second-order valence-corrected chi connectivity index (χ2v) is 9.31. The molecule has 21 heavy (non-hydrogen) atoms. The summed E-state index contributed by atoms with van der Waals surface area (Å²) in [6.45, 7) is 5.06. The van der Waals surface area contributed by atoms with Crippen molar-refractivity contribution in [2.24, 2.45) is 40.2 Å². The molecule has 0 aromatic heterocycles. The molecule has 4 rings (SSSR count). The number of aliphatic hydroxyl groups excluding tert-OH is 1. The molecule has 4 fully saturated rings. The molecule has 0 aromatic carbocycles. The summed E-state index contributed by atoms with van der Waals surface area (Å²) in [5, 5.41) is 10.1. The van der Waals surface area contributed by atoms with Crippen molar-refractivity contribution in [1.29, 1.82) is 0 Å². The summed E-state index contributed by atoms with van der Waals surface area (Å²) in [6.07, 6.45) is 11.5. The Morgan fingerprint density at radius 2 is 1.57 bits per heavy atom. The third-order valence-electron chi connectivity index (χ3n) is 8.71. The van der Waals surface area contributed by atoms with E-state index in [2.05, 4.69) is 13.8 Å². The Morgan fingerprint density at radius 1 is 0.857 bits per heavy atom. The lowest BCUT2D eigenvalue weighted by molar-refractivity contribution is -0.122. The minimum Gasteiger partial charge on any atom is -0.393 e. The first-order chi connectivity index (χ1) is 9.95. The Bertz CT molecular complexity index is 424. The molecule has 8 atom stereocenters. The maximum absolute atomic E-state index is 10.1. The van der Waals surface area contributed by atoms with Crippen molar-refractivity contribution in [3.8, 4) is 0 Å². The molecule has 0 aromatic rings. The summed E-state index contributed by atoms with van der Waals surface area (Å²) >= 11 is 0. The van der Waals surface area contributed by atoms with Crippen molar-refractivity contribution in [2.45, 2.75) is 83.8 Å². The molecule has 2 nitrogen and oxygen atoms in total. The minimum atomic E-state index is -0.0200. The van der Waals surface area contributed by atoms with E-state index < -0.39 is 0 Å². The zero-order valence-corrected chi connectivity index (χ0v) is 13.9. The Labute approximate surface area is 129 Å². The monoisotopic (exact) mass is 291 g/mol. The van der Waals surface area contributed by atoms with Gasteiger partial charge in [0.25, 0.3) is 0 Å². The first-order valence-corrected chi connectivity index (χ1v) is 9.39. The maximum Gasteiger partial charge on any atom is 0.0543 e. The molecular weight excluding hydrogens is 258 g/mol. The lowest BCUT2D eigenvalue weighted by atomic mass is 9.45. The second-order valence-electron chi connectivity index (χ2n) is 9.31. The topological polar surface area (TPSA) is 46.2 Å². The van der Waals surface area contributed by atoms with Gasteiger partial charge in [0.1, 0.15) is 0 Å². The lowest BCUT2D eigenvalue weighted by Crippen LogP contribution is -2.55. The fourth-order valence-corrected chi connectivity index (χ4v) is 7.28. The summed E-state index contributed by atoms with van der Waals surface area (Å²) in [5.74, 6) is 3.50. The fraction of sp³-hybridized carbons (Fsp3) is 1.00. The van der Waals surface area contributed by atoms with Gasteiger partial charge in [0.05, 0.1) is 6.10 Å². The Hall–Kier alpha value is -0.0800. The summed E-state index contributed by atoms with van der Waals surface area (Å²) in [6, 6.07) is 0.446. The van der Waals surface area contributed by atoms with Crippen LogP contribution < -0.4 is 5.73 Å². The molecular formula is C19H33NO. The Kier molecular flexibility index (Phi) is 3.25. The van der Waals surface area contributed by atoms with E-state index in [1.54, 1.807) is 0 Å². The van der Waals surface area contributed by atoms with Crippen molar-refractivity contribution in [3.05, 3.63) is 0 Å². The molecule has 0 radical (unpaired) electrons. The third-order valence-corrected chi connectivity index (χ3v) is 8.71. The van der Waals surface area contributed by atoms with Crippen molar-refractivity contribution < 1.29 is 5.11 Å². The molecule has 0 saturated heterocycles. The third kappa shape index (κ3) is 1.91. The molecule has 0 spiro atoms. The lowest BCUT2D eigenvalue weighted by Gasteiger charge is -2.60. The number of hydrogen-bond acceptors (Lipinski definition) is 2. The summed E-state index contributed by atoms with van der Waals surface area (Å²) < 4.78 is 0. The number of hydrogen-bond donors (Lipinski definition) is 2. The molecule has 3 N–H and O–H groups in total. The van der Waals surface area contributed by atoms with Gasteiger partial charge in [-0.05, 0) is 92.3 Å². The van der Waals surface area contributed by atoms with Gasteiger partial charge in [0.15, 0.2) is 0 Å². The van der Waals surface area contributed by atoms with Crippen LogP contribution in [0.25, 0.3) is 0 Å². The fourth-order valence-electron chi connectivity index (χ4n) is 7.28. The highest BCUT2D eigenvalue weighted by molar-refractivity contribution is 5.10. The summed E-state index contributed by atoms with van der Waals surface area (Å²) in [4.78, 5) is 0. The van der Waals surface area contributed by atoms with Gasteiger partial charge in [-0.1, -0.05) is 13.8 Å². The predicted octanol–water partition coefficient (Wildman–Crippen LogP) is 3.72. The largest absolute Gasteiger partial charge is 0.393 e. The molecule has 0 amide bonds. The van der Waals surface area contributed by atoms with E-state index in [0.29, 0.717) is 16.9 Å². The summed E-state index contributed by atoms with van der Waals surface area (Å²) in [5.41, 5.74) is 7.43. The van der Waals surface area contributed by atoms with Gasteiger partial charge in [0, 0.05) is 6.04 Å². The van der Waals surface area contributed by atoms with Crippen LogP contribution in [0.3, 0.4) is 0 Å². The van der Waals surface area contributed by atoms with Crippen LogP contribution in [0.1, 0.15) is 71.6 Å². The minimum absolute atomic E-state index is 0.0200. The van der Waals surface area contributed by atoms with E-state index in [1.165, 1.54) is 44.9 Å². The van der Waals surface area contributed by atoms with E-state index >= 15 is 0 Å². The molecule has 120 valence electrons. The van der Waals surface area contributed by atoms with Crippen LogP contribution in [-0.4, -0.2) is 17.3 Å². The molecule has 1 unspecified atom stereocenters. The van der Waals surface area contributed by atoms with Gasteiger partial charge < -0.3 is 10.8 Å². The van der Waals surface area contributed by atoms with Crippen LogP contribution in [0, 0.1) is 34.5 Å². The quantitative estimate of drug-likeness (QED) is 0.714. The molecule has 2 heteroatoms. The highest BCUT2D eigenvalue weighted by Crippen LogP contribution is 2.65. The number of aliphatic hydroxyl groups is 1. The van der Waals surface area contributed by atoms with E-state index in [-0.39, 0.29) is 6.10 Å². The van der Waals surface area contributed by atoms with Crippen LogP contribution in [0.5, 0.6) is 0 Å². The SMILES string of the molecule is C[C@]12CC[C@H]3[C@@H](CCC4C[C@@H](O)CC[C@@]43C)[C@@H]1CC[C@H]2N. The van der Waals surface area contributed by atoms with Crippen molar-refractivity contribution >= 4 is 0 Å².